The fourth-order valence-corrected chi connectivity index (χ4v) is 3.35. The number of hydrogen-bond acceptors (Lipinski definition) is 3. The van der Waals surface area contributed by atoms with Crippen LogP contribution in [-0.4, -0.2) is 18.6 Å². The topological polar surface area (TPSA) is 74.8 Å². The number of H-pyrrole nitrogens is 1. The third kappa shape index (κ3) is 4.60. The third-order valence-corrected chi connectivity index (χ3v) is 4.54. The summed E-state index contributed by atoms with van der Waals surface area (Å²) in [6.45, 7) is 4.22. The molecule has 5 nitrogen and oxygen atoms in total. The summed E-state index contributed by atoms with van der Waals surface area (Å²) >= 11 is 0. The Morgan fingerprint density at radius 2 is 2.00 bits per heavy atom. The van der Waals surface area contributed by atoms with Gasteiger partial charge in [0.15, 0.2) is 5.82 Å². The maximum Gasteiger partial charge on any atom is 0.238 e. The highest BCUT2D eigenvalue weighted by atomic mass is 32.2. The number of benzene rings is 1. The Labute approximate surface area is 125 Å². The number of hydrogen-bond donors (Lipinski definition) is 2. The Bertz CT molecular complexity index is 665. The molecular formula is C15H21N3O2S. The van der Waals surface area contributed by atoms with Crippen LogP contribution in [-0.2, 0) is 15.8 Å². The van der Waals surface area contributed by atoms with Gasteiger partial charge in [-0.25, -0.2) is 8.42 Å². The van der Waals surface area contributed by atoms with Crippen LogP contribution in [0.15, 0.2) is 36.4 Å². The Morgan fingerprint density at radius 1 is 1.29 bits per heavy atom. The zero-order valence-corrected chi connectivity index (χ0v) is 13.2. The maximum atomic E-state index is 12.1. The number of anilines is 1. The summed E-state index contributed by atoms with van der Waals surface area (Å²) in [7, 11) is -3.44. The highest BCUT2D eigenvalue weighted by molar-refractivity contribution is 7.91. The molecule has 0 amide bonds. The largest absolute Gasteiger partial charge is 0.280 e. The van der Waals surface area contributed by atoms with E-state index in [1.54, 1.807) is 18.2 Å². The molecule has 1 atom stereocenters. The Balaban J connectivity index is 2.04. The van der Waals surface area contributed by atoms with Gasteiger partial charge in [0.1, 0.15) is 0 Å². The van der Waals surface area contributed by atoms with E-state index in [2.05, 4.69) is 28.8 Å². The van der Waals surface area contributed by atoms with Crippen LogP contribution in [0.2, 0.25) is 0 Å². The van der Waals surface area contributed by atoms with E-state index in [4.69, 9.17) is 0 Å². The van der Waals surface area contributed by atoms with Gasteiger partial charge in [-0.1, -0.05) is 50.6 Å². The molecule has 0 aliphatic rings. The normalized spacial score (nSPS) is 13.0. The van der Waals surface area contributed by atoms with Crippen molar-refractivity contribution in [2.75, 3.05) is 4.72 Å². The zero-order chi connectivity index (χ0) is 15.3. The van der Waals surface area contributed by atoms with Crippen LogP contribution in [0, 0.1) is 0 Å². The Hall–Kier alpha value is -1.82. The molecule has 1 aromatic carbocycles. The SMILES string of the molecule is CCC[C@@H](C)c1cc(NS(=O)(=O)Cc2ccccc2)n[nH]1. The van der Waals surface area contributed by atoms with Gasteiger partial charge in [0, 0.05) is 11.8 Å². The van der Waals surface area contributed by atoms with Gasteiger partial charge in [-0.2, -0.15) is 5.10 Å². The molecule has 2 rings (SSSR count). The summed E-state index contributed by atoms with van der Waals surface area (Å²) in [5.41, 5.74) is 1.70. The second kappa shape index (κ2) is 6.76. The Kier molecular flexibility index (Phi) is 5.01. The van der Waals surface area contributed by atoms with E-state index >= 15 is 0 Å². The van der Waals surface area contributed by atoms with Crippen molar-refractivity contribution in [2.45, 2.75) is 38.4 Å². The fraction of sp³-hybridized carbons (Fsp3) is 0.400. The molecule has 0 radical (unpaired) electrons. The van der Waals surface area contributed by atoms with Crippen molar-refractivity contribution in [1.29, 1.82) is 0 Å². The molecule has 0 unspecified atom stereocenters. The van der Waals surface area contributed by atoms with E-state index in [1.807, 2.05) is 18.2 Å². The lowest BCUT2D eigenvalue weighted by molar-refractivity contribution is 0.600. The number of sulfonamides is 1. The van der Waals surface area contributed by atoms with Crippen molar-refractivity contribution in [2.24, 2.45) is 0 Å². The molecule has 0 bridgehead atoms. The van der Waals surface area contributed by atoms with Crippen LogP contribution >= 0.6 is 0 Å². The van der Waals surface area contributed by atoms with E-state index in [0.717, 1.165) is 24.1 Å². The van der Waals surface area contributed by atoms with Gasteiger partial charge < -0.3 is 0 Å². The molecule has 6 heteroatoms. The lowest BCUT2D eigenvalue weighted by atomic mass is 10.0. The van der Waals surface area contributed by atoms with Crippen molar-refractivity contribution < 1.29 is 8.42 Å². The van der Waals surface area contributed by atoms with Crippen molar-refractivity contribution >= 4 is 15.8 Å². The van der Waals surface area contributed by atoms with Crippen molar-refractivity contribution in [3.8, 4) is 0 Å². The second-order valence-corrected chi connectivity index (χ2v) is 6.97. The minimum atomic E-state index is -3.44. The lowest BCUT2D eigenvalue weighted by Crippen LogP contribution is -2.15. The van der Waals surface area contributed by atoms with Gasteiger partial charge in [-0.15, -0.1) is 0 Å². The monoisotopic (exact) mass is 307 g/mol. The molecule has 114 valence electrons. The minimum Gasteiger partial charge on any atom is -0.280 e. The molecule has 2 aromatic rings. The van der Waals surface area contributed by atoms with Crippen molar-refractivity contribution in [1.82, 2.24) is 10.2 Å². The number of nitrogens with one attached hydrogen (secondary N) is 2. The van der Waals surface area contributed by atoms with E-state index < -0.39 is 10.0 Å². The summed E-state index contributed by atoms with van der Waals surface area (Å²) in [5.74, 6) is 0.638. The van der Waals surface area contributed by atoms with Crippen molar-refractivity contribution in [3.63, 3.8) is 0 Å². The van der Waals surface area contributed by atoms with Crippen LogP contribution in [0.3, 0.4) is 0 Å². The maximum absolute atomic E-state index is 12.1. The summed E-state index contributed by atoms with van der Waals surface area (Å²) in [4.78, 5) is 0. The number of rotatable bonds is 7. The van der Waals surface area contributed by atoms with Crippen LogP contribution in [0.25, 0.3) is 0 Å². The lowest BCUT2D eigenvalue weighted by Gasteiger charge is -2.06. The molecule has 1 aromatic heterocycles. The molecule has 2 N–H and O–H groups in total. The first-order valence-electron chi connectivity index (χ1n) is 7.10. The minimum absolute atomic E-state index is 0.0550. The molecule has 0 aliphatic carbocycles. The van der Waals surface area contributed by atoms with Gasteiger partial charge in [-0.3, -0.25) is 9.82 Å². The quantitative estimate of drug-likeness (QED) is 0.824. The summed E-state index contributed by atoms with van der Waals surface area (Å²) in [6, 6.07) is 10.9. The average molecular weight is 307 g/mol. The third-order valence-electron chi connectivity index (χ3n) is 3.31. The van der Waals surface area contributed by atoms with Gasteiger partial charge in [-0.05, 0) is 17.9 Å². The van der Waals surface area contributed by atoms with Crippen LogP contribution in [0.1, 0.15) is 43.9 Å². The average Bonchev–Trinajstić information content (AvgIpc) is 2.87. The molecule has 0 saturated heterocycles. The van der Waals surface area contributed by atoms with E-state index in [0.29, 0.717) is 11.7 Å². The molecule has 0 aliphatic heterocycles. The molecule has 0 spiro atoms. The van der Waals surface area contributed by atoms with Crippen molar-refractivity contribution in [3.05, 3.63) is 47.7 Å². The second-order valence-electron chi connectivity index (χ2n) is 5.24. The fourth-order valence-electron chi connectivity index (χ4n) is 2.22. The van der Waals surface area contributed by atoms with Crippen LogP contribution in [0.5, 0.6) is 0 Å². The predicted molar refractivity (Wildman–Crippen MR) is 84.6 cm³/mol. The zero-order valence-electron chi connectivity index (χ0n) is 12.3. The summed E-state index contributed by atoms with van der Waals surface area (Å²) < 4.78 is 26.7. The highest BCUT2D eigenvalue weighted by Gasteiger charge is 2.15. The number of aromatic amines is 1. The standard InChI is InChI=1S/C15H21N3O2S/c1-3-7-12(2)14-10-15(17-16-14)18-21(19,20)11-13-8-5-4-6-9-13/h4-6,8-10,12H,3,7,11H2,1-2H3,(H2,16,17,18)/t12-/m1/s1. The van der Waals surface area contributed by atoms with Crippen LogP contribution in [0.4, 0.5) is 5.82 Å². The van der Waals surface area contributed by atoms with Gasteiger partial charge in [0.2, 0.25) is 10.0 Å². The molecular weight excluding hydrogens is 286 g/mol. The first-order valence-corrected chi connectivity index (χ1v) is 8.75. The molecule has 0 fully saturated rings. The highest BCUT2D eigenvalue weighted by Crippen LogP contribution is 2.21. The first-order chi connectivity index (χ1) is 10.00. The summed E-state index contributed by atoms with van der Waals surface area (Å²) in [5, 5.41) is 6.93. The Morgan fingerprint density at radius 3 is 2.67 bits per heavy atom. The summed E-state index contributed by atoms with van der Waals surface area (Å²) in [6.07, 6.45) is 2.12. The molecule has 21 heavy (non-hydrogen) atoms. The number of aromatic nitrogens is 2. The van der Waals surface area contributed by atoms with E-state index in [9.17, 15) is 8.42 Å². The molecule has 0 saturated carbocycles. The van der Waals surface area contributed by atoms with E-state index in [1.165, 1.54) is 0 Å². The number of nitrogens with zero attached hydrogens (tertiary/aromatic N) is 1. The van der Waals surface area contributed by atoms with Gasteiger partial charge in [0.25, 0.3) is 0 Å². The predicted octanol–water partition coefficient (Wildman–Crippen LogP) is 3.26. The van der Waals surface area contributed by atoms with E-state index in [-0.39, 0.29) is 5.75 Å². The smallest absolute Gasteiger partial charge is 0.238 e. The van der Waals surface area contributed by atoms with Gasteiger partial charge in [0.05, 0.1) is 5.75 Å². The molecule has 1 heterocycles. The first kappa shape index (κ1) is 15.6. The van der Waals surface area contributed by atoms with Gasteiger partial charge >= 0.3 is 0 Å². The van der Waals surface area contributed by atoms with Crippen LogP contribution < -0.4 is 4.72 Å².